The molecule has 0 aliphatic carbocycles. The minimum atomic E-state index is -0.0621. The fourth-order valence-corrected chi connectivity index (χ4v) is 2.44. The van der Waals surface area contributed by atoms with Crippen molar-refractivity contribution >= 4 is 0 Å². The molecule has 0 fully saturated rings. The minimum absolute atomic E-state index is 0.0621. The maximum atomic E-state index is 5.71. The number of rotatable bonds is 17. The summed E-state index contributed by atoms with van der Waals surface area (Å²) < 4.78 is 5.47. The normalized spacial score (nSPS) is 13.3. The van der Waals surface area contributed by atoms with Crippen LogP contribution in [0.1, 0.15) is 97.3 Å². The highest BCUT2D eigenvalue weighted by atomic mass is 16.5. The van der Waals surface area contributed by atoms with Crippen molar-refractivity contribution < 1.29 is 4.74 Å². The molecule has 23 heavy (non-hydrogen) atoms. The maximum absolute atomic E-state index is 5.71. The predicted molar refractivity (Wildman–Crippen MR) is 104 cm³/mol. The highest BCUT2D eigenvalue weighted by Gasteiger charge is 1.97. The van der Waals surface area contributed by atoms with Gasteiger partial charge in [-0.15, -0.1) is 0 Å². The van der Waals surface area contributed by atoms with Crippen LogP contribution in [0.5, 0.6) is 0 Å². The quantitative estimate of drug-likeness (QED) is 0.188. The molecule has 0 bridgehead atoms. The molecule has 1 atom stereocenters. The molecule has 0 aromatic carbocycles. The van der Waals surface area contributed by atoms with Gasteiger partial charge in [-0.1, -0.05) is 76.7 Å². The molecule has 0 aromatic heterocycles. The van der Waals surface area contributed by atoms with E-state index in [2.05, 4.69) is 38.2 Å². The van der Waals surface area contributed by atoms with Crippen molar-refractivity contribution in [2.24, 2.45) is 5.73 Å². The van der Waals surface area contributed by atoms with Crippen LogP contribution < -0.4 is 5.73 Å². The lowest BCUT2D eigenvalue weighted by molar-refractivity contribution is 0.0526. The van der Waals surface area contributed by atoms with Crippen molar-refractivity contribution in [1.82, 2.24) is 0 Å². The van der Waals surface area contributed by atoms with E-state index >= 15 is 0 Å². The van der Waals surface area contributed by atoms with Gasteiger partial charge in [-0.05, 0) is 44.9 Å². The van der Waals surface area contributed by atoms with E-state index in [0.29, 0.717) is 0 Å². The van der Waals surface area contributed by atoms with Gasteiger partial charge in [0.05, 0.1) is 0 Å². The molecule has 0 aliphatic heterocycles. The van der Waals surface area contributed by atoms with Crippen LogP contribution in [-0.2, 0) is 4.74 Å². The van der Waals surface area contributed by atoms with Gasteiger partial charge in [0.15, 0.2) is 0 Å². The van der Waals surface area contributed by atoms with E-state index in [1.165, 1.54) is 64.2 Å². The molecule has 2 heteroatoms. The summed E-state index contributed by atoms with van der Waals surface area (Å²) in [6, 6.07) is 0. The predicted octanol–water partition coefficient (Wildman–Crippen LogP) is 6.51. The zero-order valence-corrected chi connectivity index (χ0v) is 15.8. The summed E-state index contributed by atoms with van der Waals surface area (Å²) in [5.41, 5.74) is 5.71. The van der Waals surface area contributed by atoms with Gasteiger partial charge in [0.2, 0.25) is 0 Å². The summed E-state index contributed by atoms with van der Waals surface area (Å²) in [5.74, 6) is 0. The smallest absolute Gasteiger partial charge is 0.105 e. The molecule has 2 nitrogen and oxygen atoms in total. The van der Waals surface area contributed by atoms with Crippen molar-refractivity contribution in [1.29, 1.82) is 0 Å². The van der Waals surface area contributed by atoms with E-state index in [1.54, 1.807) is 0 Å². The molecule has 0 amide bonds. The Hall–Kier alpha value is -0.600. The van der Waals surface area contributed by atoms with E-state index in [4.69, 9.17) is 10.5 Å². The number of allylic oxidation sites excluding steroid dienone is 4. The number of ether oxygens (including phenoxy) is 1. The fourth-order valence-electron chi connectivity index (χ4n) is 2.44. The Morgan fingerprint density at radius 1 is 0.739 bits per heavy atom. The van der Waals surface area contributed by atoms with E-state index in [-0.39, 0.29) is 6.23 Å². The Kier molecular flexibility index (Phi) is 18.9. The minimum Gasteiger partial charge on any atom is -0.364 e. The van der Waals surface area contributed by atoms with E-state index < -0.39 is 0 Å². The SMILES string of the molecule is CCCCCC=CCC=CCCCCCCCCOC(N)CC. The van der Waals surface area contributed by atoms with Gasteiger partial charge in [-0.3, -0.25) is 0 Å². The third-order valence-corrected chi connectivity index (χ3v) is 4.08. The molecule has 0 saturated heterocycles. The first-order chi connectivity index (χ1) is 11.3. The summed E-state index contributed by atoms with van der Waals surface area (Å²) >= 11 is 0. The summed E-state index contributed by atoms with van der Waals surface area (Å²) in [4.78, 5) is 0. The summed E-state index contributed by atoms with van der Waals surface area (Å²) in [5, 5.41) is 0. The van der Waals surface area contributed by atoms with Crippen molar-refractivity contribution in [3.05, 3.63) is 24.3 Å². The summed E-state index contributed by atoms with van der Waals surface area (Å²) in [7, 11) is 0. The van der Waals surface area contributed by atoms with Crippen molar-refractivity contribution in [2.75, 3.05) is 6.61 Å². The first-order valence-electron chi connectivity index (χ1n) is 9.98. The molecular weight excluding hydrogens is 282 g/mol. The van der Waals surface area contributed by atoms with E-state index in [1.807, 2.05) is 0 Å². The Morgan fingerprint density at radius 2 is 1.30 bits per heavy atom. The highest BCUT2D eigenvalue weighted by Crippen LogP contribution is 2.08. The van der Waals surface area contributed by atoms with Crippen LogP contribution in [0.15, 0.2) is 24.3 Å². The Morgan fingerprint density at radius 3 is 1.91 bits per heavy atom. The van der Waals surface area contributed by atoms with Gasteiger partial charge in [0.25, 0.3) is 0 Å². The Balaban J connectivity index is 3.16. The Bertz CT molecular complexity index is 273. The average molecular weight is 324 g/mol. The monoisotopic (exact) mass is 323 g/mol. The number of nitrogens with two attached hydrogens (primary N) is 1. The molecular formula is C21H41NO. The third kappa shape index (κ3) is 19.4. The molecule has 0 aromatic rings. The zero-order valence-electron chi connectivity index (χ0n) is 15.8. The number of hydrogen-bond acceptors (Lipinski definition) is 2. The molecule has 0 spiro atoms. The molecule has 0 radical (unpaired) electrons. The summed E-state index contributed by atoms with van der Waals surface area (Å²) in [6.07, 6.45) is 25.5. The lowest BCUT2D eigenvalue weighted by Gasteiger charge is -2.09. The van der Waals surface area contributed by atoms with Crippen LogP contribution >= 0.6 is 0 Å². The van der Waals surface area contributed by atoms with Crippen LogP contribution in [0.3, 0.4) is 0 Å². The topological polar surface area (TPSA) is 35.2 Å². The first kappa shape index (κ1) is 22.4. The van der Waals surface area contributed by atoms with Crippen LogP contribution in [-0.4, -0.2) is 12.8 Å². The number of unbranched alkanes of at least 4 members (excludes halogenated alkanes) is 9. The zero-order chi connectivity index (χ0) is 17.0. The molecule has 0 rings (SSSR count). The van der Waals surface area contributed by atoms with Crippen LogP contribution in [0.4, 0.5) is 0 Å². The van der Waals surface area contributed by atoms with Crippen LogP contribution in [0, 0.1) is 0 Å². The second-order valence-corrected chi connectivity index (χ2v) is 6.40. The van der Waals surface area contributed by atoms with E-state index in [0.717, 1.165) is 25.9 Å². The van der Waals surface area contributed by atoms with Crippen molar-refractivity contribution in [3.63, 3.8) is 0 Å². The Labute approximate surface area is 145 Å². The van der Waals surface area contributed by atoms with Crippen molar-refractivity contribution in [3.8, 4) is 0 Å². The second-order valence-electron chi connectivity index (χ2n) is 6.40. The molecule has 0 aliphatic rings. The molecule has 0 saturated carbocycles. The standard InChI is InChI=1S/C21H41NO/c1-3-5-6-7-8-9-10-11-12-13-14-15-16-17-18-19-20-23-21(22)4-2/h8-9,11-12,21H,3-7,10,13-20,22H2,1-2H3. The third-order valence-electron chi connectivity index (χ3n) is 4.08. The molecule has 2 N–H and O–H groups in total. The van der Waals surface area contributed by atoms with E-state index in [9.17, 15) is 0 Å². The second kappa shape index (κ2) is 19.4. The summed E-state index contributed by atoms with van der Waals surface area (Å²) in [6.45, 7) is 5.14. The maximum Gasteiger partial charge on any atom is 0.105 e. The van der Waals surface area contributed by atoms with Crippen LogP contribution in [0.2, 0.25) is 0 Å². The lowest BCUT2D eigenvalue weighted by Crippen LogP contribution is -2.22. The highest BCUT2D eigenvalue weighted by molar-refractivity contribution is 4.92. The van der Waals surface area contributed by atoms with Gasteiger partial charge < -0.3 is 10.5 Å². The molecule has 1 unspecified atom stereocenters. The largest absolute Gasteiger partial charge is 0.364 e. The van der Waals surface area contributed by atoms with Crippen molar-refractivity contribution in [2.45, 2.75) is 104 Å². The van der Waals surface area contributed by atoms with Gasteiger partial charge in [-0.25, -0.2) is 0 Å². The van der Waals surface area contributed by atoms with Gasteiger partial charge in [0, 0.05) is 6.61 Å². The van der Waals surface area contributed by atoms with Crippen LogP contribution in [0.25, 0.3) is 0 Å². The average Bonchev–Trinajstić information content (AvgIpc) is 2.57. The van der Waals surface area contributed by atoms with Gasteiger partial charge in [-0.2, -0.15) is 0 Å². The molecule has 136 valence electrons. The van der Waals surface area contributed by atoms with Gasteiger partial charge >= 0.3 is 0 Å². The first-order valence-corrected chi connectivity index (χ1v) is 9.98. The van der Waals surface area contributed by atoms with Gasteiger partial charge in [0.1, 0.15) is 6.23 Å². The number of hydrogen-bond donors (Lipinski definition) is 1. The molecule has 0 heterocycles. The fraction of sp³-hybridized carbons (Fsp3) is 0.810. The lowest BCUT2D eigenvalue weighted by atomic mass is 10.1.